The SMILES string of the molecule is Cl.O=C1CCN(CCCOc2ccc(N3CCNCC3)cc2)C1. The number of nitrogens with one attached hydrogen (secondary N) is 1. The molecule has 0 spiro atoms. The van der Waals surface area contributed by atoms with E-state index in [1.54, 1.807) is 0 Å². The van der Waals surface area contributed by atoms with Crippen LogP contribution >= 0.6 is 12.4 Å². The van der Waals surface area contributed by atoms with Gasteiger partial charge in [0.2, 0.25) is 0 Å². The number of Topliss-reactive ketones (excluding diaryl/α,β-unsaturated/α-hetero) is 1. The van der Waals surface area contributed by atoms with Crippen LogP contribution < -0.4 is 15.0 Å². The van der Waals surface area contributed by atoms with Crippen LogP contribution in [0.3, 0.4) is 0 Å². The van der Waals surface area contributed by atoms with Crippen LogP contribution in [0.4, 0.5) is 5.69 Å². The lowest BCUT2D eigenvalue weighted by Gasteiger charge is -2.29. The van der Waals surface area contributed by atoms with E-state index in [1.807, 2.05) is 0 Å². The van der Waals surface area contributed by atoms with Crippen molar-refractivity contribution in [1.29, 1.82) is 0 Å². The number of nitrogens with zero attached hydrogens (tertiary/aromatic N) is 2. The predicted octanol–water partition coefficient (Wildman–Crippen LogP) is 1.56. The van der Waals surface area contributed by atoms with Crippen LogP contribution in [0.15, 0.2) is 24.3 Å². The maximum Gasteiger partial charge on any atom is 0.148 e. The Hall–Kier alpha value is -1.30. The normalized spacial score (nSPS) is 18.8. The number of ketones is 1. The van der Waals surface area contributed by atoms with Gasteiger partial charge in [-0.25, -0.2) is 0 Å². The molecule has 0 saturated carbocycles. The third-order valence-electron chi connectivity index (χ3n) is 4.31. The van der Waals surface area contributed by atoms with E-state index < -0.39 is 0 Å². The van der Waals surface area contributed by atoms with Crippen molar-refractivity contribution in [3.8, 4) is 5.75 Å². The van der Waals surface area contributed by atoms with Crippen LogP contribution in [0.5, 0.6) is 5.75 Å². The highest BCUT2D eigenvalue weighted by Crippen LogP contribution is 2.20. The second-order valence-electron chi connectivity index (χ2n) is 6.00. The number of hydrogen-bond donors (Lipinski definition) is 1. The molecule has 128 valence electrons. The van der Waals surface area contributed by atoms with E-state index in [2.05, 4.69) is 39.4 Å². The number of carbonyl (C=O) groups excluding carboxylic acids is 1. The molecule has 0 amide bonds. The van der Waals surface area contributed by atoms with Gasteiger partial charge in [-0.1, -0.05) is 0 Å². The molecule has 0 unspecified atom stereocenters. The molecule has 5 nitrogen and oxygen atoms in total. The summed E-state index contributed by atoms with van der Waals surface area (Å²) in [7, 11) is 0. The van der Waals surface area contributed by atoms with Gasteiger partial charge in [0.05, 0.1) is 13.2 Å². The molecule has 2 heterocycles. The number of ether oxygens (including phenoxy) is 1. The van der Waals surface area contributed by atoms with Gasteiger partial charge in [0.15, 0.2) is 0 Å². The molecule has 1 aromatic carbocycles. The second kappa shape index (κ2) is 9.11. The summed E-state index contributed by atoms with van der Waals surface area (Å²) in [6.45, 7) is 7.43. The third-order valence-corrected chi connectivity index (χ3v) is 4.31. The number of likely N-dealkylation sites (tertiary alicyclic amines) is 1. The van der Waals surface area contributed by atoms with Crippen LogP contribution in [-0.2, 0) is 4.79 Å². The number of halogens is 1. The molecular formula is C17H26ClN3O2. The Morgan fingerprint density at radius 1 is 1.09 bits per heavy atom. The lowest BCUT2D eigenvalue weighted by molar-refractivity contribution is -0.116. The molecule has 0 atom stereocenters. The molecule has 1 N–H and O–H groups in total. The molecule has 23 heavy (non-hydrogen) atoms. The van der Waals surface area contributed by atoms with E-state index in [1.165, 1.54) is 5.69 Å². The highest BCUT2D eigenvalue weighted by Gasteiger charge is 2.18. The van der Waals surface area contributed by atoms with Gasteiger partial charge < -0.3 is 15.0 Å². The van der Waals surface area contributed by atoms with Crippen molar-refractivity contribution in [3.63, 3.8) is 0 Å². The minimum absolute atomic E-state index is 0. The Labute approximate surface area is 144 Å². The summed E-state index contributed by atoms with van der Waals surface area (Å²) in [5.41, 5.74) is 1.27. The number of anilines is 1. The Kier molecular flexibility index (Phi) is 7.15. The molecule has 0 aromatic heterocycles. The first-order valence-electron chi connectivity index (χ1n) is 8.24. The quantitative estimate of drug-likeness (QED) is 0.797. The van der Waals surface area contributed by atoms with Gasteiger partial charge in [0, 0.05) is 51.4 Å². The first-order chi connectivity index (χ1) is 10.8. The molecule has 2 saturated heterocycles. The fourth-order valence-corrected chi connectivity index (χ4v) is 3.04. The van der Waals surface area contributed by atoms with E-state index in [0.29, 0.717) is 25.4 Å². The molecular weight excluding hydrogens is 314 g/mol. The van der Waals surface area contributed by atoms with Crippen molar-refractivity contribution in [3.05, 3.63) is 24.3 Å². The molecule has 2 aliphatic rings. The van der Waals surface area contributed by atoms with Crippen molar-refractivity contribution in [2.24, 2.45) is 0 Å². The monoisotopic (exact) mass is 339 g/mol. The van der Waals surface area contributed by atoms with Crippen molar-refractivity contribution in [2.75, 3.05) is 57.3 Å². The zero-order valence-electron chi connectivity index (χ0n) is 13.5. The largest absolute Gasteiger partial charge is 0.494 e. The average molecular weight is 340 g/mol. The first kappa shape index (κ1) is 18.0. The van der Waals surface area contributed by atoms with Gasteiger partial charge in [0.1, 0.15) is 11.5 Å². The molecule has 2 fully saturated rings. The lowest BCUT2D eigenvalue weighted by atomic mass is 10.2. The molecule has 0 bridgehead atoms. The van der Waals surface area contributed by atoms with Crippen LogP contribution in [0.25, 0.3) is 0 Å². The van der Waals surface area contributed by atoms with Gasteiger partial charge in [-0.3, -0.25) is 9.69 Å². The van der Waals surface area contributed by atoms with E-state index in [4.69, 9.17) is 4.74 Å². The van der Waals surface area contributed by atoms with Crippen LogP contribution in [0.1, 0.15) is 12.8 Å². The van der Waals surface area contributed by atoms with Gasteiger partial charge in [-0.2, -0.15) is 0 Å². The van der Waals surface area contributed by atoms with E-state index in [-0.39, 0.29) is 12.4 Å². The zero-order chi connectivity index (χ0) is 15.2. The average Bonchev–Trinajstić information content (AvgIpc) is 2.98. The summed E-state index contributed by atoms with van der Waals surface area (Å²) in [5.74, 6) is 1.29. The minimum Gasteiger partial charge on any atom is -0.494 e. The molecule has 0 radical (unpaired) electrons. The lowest BCUT2D eigenvalue weighted by Crippen LogP contribution is -2.43. The van der Waals surface area contributed by atoms with E-state index in [0.717, 1.165) is 51.4 Å². The molecule has 6 heteroatoms. The van der Waals surface area contributed by atoms with Crippen LogP contribution in [-0.4, -0.2) is 63.1 Å². The standard InChI is InChI=1S/C17H25N3O2.ClH/c21-16-6-10-19(14-16)9-1-13-22-17-4-2-15(3-5-17)20-11-7-18-8-12-20;/h2-5,18H,1,6-14H2;1H. The summed E-state index contributed by atoms with van der Waals surface area (Å²) in [6, 6.07) is 8.38. The highest BCUT2D eigenvalue weighted by molar-refractivity contribution is 5.85. The van der Waals surface area contributed by atoms with Gasteiger partial charge >= 0.3 is 0 Å². The van der Waals surface area contributed by atoms with Gasteiger partial charge in [-0.05, 0) is 30.7 Å². The number of carbonyl (C=O) groups is 1. The number of benzene rings is 1. The Balaban J connectivity index is 0.00000192. The summed E-state index contributed by atoms with van der Waals surface area (Å²) >= 11 is 0. The van der Waals surface area contributed by atoms with Crippen LogP contribution in [0, 0.1) is 0 Å². The Morgan fingerprint density at radius 2 is 1.83 bits per heavy atom. The van der Waals surface area contributed by atoms with E-state index in [9.17, 15) is 4.79 Å². The number of piperazine rings is 1. The predicted molar refractivity (Wildman–Crippen MR) is 94.9 cm³/mol. The number of rotatable bonds is 6. The van der Waals surface area contributed by atoms with Crippen molar-refractivity contribution in [1.82, 2.24) is 10.2 Å². The molecule has 3 rings (SSSR count). The molecule has 1 aromatic rings. The van der Waals surface area contributed by atoms with Crippen molar-refractivity contribution < 1.29 is 9.53 Å². The minimum atomic E-state index is 0. The first-order valence-corrected chi connectivity index (χ1v) is 8.24. The van der Waals surface area contributed by atoms with E-state index >= 15 is 0 Å². The van der Waals surface area contributed by atoms with Gasteiger partial charge in [-0.15, -0.1) is 12.4 Å². The smallest absolute Gasteiger partial charge is 0.148 e. The fourth-order valence-electron chi connectivity index (χ4n) is 3.04. The highest BCUT2D eigenvalue weighted by atomic mass is 35.5. The third kappa shape index (κ3) is 5.37. The van der Waals surface area contributed by atoms with Crippen molar-refractivity contribution >= 4 is 23.9 Å². The van der Waals surface area contributed by atoms with Crippen LogP contribution in [0.2, 0.25) is 0 Å². The zero-order valence-corrected chi connectivity index (χ0v) is 14.3. The van der Waals surface area contributed by atoms with Crippen molar-refractivity contribution in [2.45, 2.75) is 12.8 Å². The fraction of sp³-hybridized carbons (Fsp3) is 0.588. The summed E-state index contributed by atoms with van der Waals surface area (Å²) in [4.78, 5) is 15.8. The van der Waals surface area contributed by atoms with Gasteiger partial charge in [0.25, 0.3) is 0 Å². The topological polar surface area (TPSA) is 44.8 Å². The maximum atomic E-state index is 11.2. The summed E-state index contributed by atoms with van der Waals surface area (Å²) in [5, 5.41) is 3.36. The second-order valence-corrected chi connectivity index (χ2v) is 6.00. The Bertz CT molecular complexity index is 489. The molecule has 0 aliphatic carbocycles. The maximum absolute atomic E-state index is 11.2. The molecule has 2 aliphatic heterocycles. The Morgan fingerprint density at radius 3 is 2.48 bits per heavy atom. The summed E-state index contributed by atoms with van der Waals surface area (Å²) in [6.07, 6.45) is 1.68. The number of hydrogen-bond acceptors (Lipinski definition) is 5. The summed E-state index contributed by atoms with van der Waals surface area (Å²) < 4.78 is 5.79.